The van der Waals surface area contributed by atoms with Gasteiger partial charge in [0.1, 0.15) is 0 Å². The SMILES string of the molecule is Cc1nc(NC(=O)c2nnn(-c3ccc(Cl)cc3)c2C)sc1Cc1cccc([N+](=O)[O-])c1. The van der Waals surface area contributed by atoms with Gasteiger partial charge in [-0.05, 0) is 43.7 Å². The number of aromatic nitrogens is 4. The van der Waals surface area contributed by atoms with Crippen molar-refractivity contribution < 1.29 is 9.72 Å². The summed E-state index contributed by atoms with van der Waals surface area (Å²) in [6.07, 6.45) is 0.479. The molecule has 0 radical (unpaired) electrons. The highest BCUT2D eigenvalue weighted by atomic mass is 35.5. The Morgan fingerprint density at radius 1 is 1.22 bits per heavy atom. The average molecular weight is 469 g/mol. The second kappa shape index (κ2) is 8.85. The number of nitrogens with one attached hydrogen (secondary N) is 1. The molecule has 0 saturated carbocycles. The Labute approximate surface area is 191 Å². The quantitative estimate of drug-likeness (QED) is 0.322. The molecule has 162 valence electrons. The summed E-state index contributed by atoms with van der Waals surface area (Å²) in [5, 5.41) is 22.9. The first-order valence-electron chi connectivity index (χ1n) is 9.51. The molecule has 1 amide bonds. The summed E-state index contributed by atoms with van der Waals surface area (Å²) in [6, 6.07) is 13.5. The number of anilines is 1. The van der Waals surface area contributed by atoms with E-state index in [4.69, 9.17) is 11.6 Å². The average Bonchev–Trinajstić information content (AvgIpc) is 3.31. The number of benzene rings is 2. The van der Waals surface area contributed by atoms with Crippen molar-refractivity contribution >= 4 is 39.7 Å². The summed E-state index contributed by atoms with van der Waals surface area (Å²) in [4.78, 5) is 28.7. The molecule has 2 aromatic heterocycles. The van der Waals surface area contributed by atoms with Crippen LogP contribution in [0, 0.1) is 24.0 Å². The first kappa shape index (κ1) is 21.6. The number of halogens is 1. The third-order valence-corrected chi connectivity index (χ3v) is 6.10. The smallest absolute Gasteiger partial charge is 0.279 e. The molecular formula is C21H17ClN6O3S. The number of nitro benzene ring substituents is 1. The summed E-state index contributed by atoms with van der Waals surface area (Å²) in [7, 11) is 0. The van der Waals surface area contributed by atoms with Gasteiger partial charge in [0.15, 0.2) is 10.8 Å². The van der Waals surface area contributed by atoms with Crippen molar-refractivity contribution in [2.24, 2.45) is 0 Å². The van der Waals surface area contributed by atoms with Gasteiger partial charge in [-0.25, -0.2) is 9.67 Å². The van der Waals surface area contributed by atoms with Gasteiger partial charge >= 0.3 is 0 Å². The van der Waals surface area contributed by atoms with Crippen molar-refractivity contribution in [3.63, 3.8) is 0 Å². The Hall–Kier alpha value is -3.63. The van der Waals surface area contributed by atoms with Crippen LogP contribution < -0.4 is 5.32 Å². The maximum absolute atomic E-state index is 12.8. The molecule has 4 rings (SSSR count). The van der Waals surface area contributed by atoms with E-state index >= 15 is 0 Å². The van der Waals surface area contributed by atoms with Crippen LogP contribution >= 0.6 is 22.9 Å². The van der Waals surface area contributed by atoms with Gasteiger partial charge in [-0.2, -0.15) is 0 Å². The number of non-ortho nitro benzene ring substituents is 1. The highest BCUT2D eigenvalue weighted by molar-refractivity contribution is 7.15. The minimum atomic E-state index is -0.422. The van der Waals surface area contributed by atoms with E-state index in [0.717, 1.165) is 21.8 Å². The Balaban J connectivity index is 1.51. The zero-order valence-electron chi connectivity index (χ0n) is 17.1. The summed E-state index contributed by atoms with van der Waals surface area (Å²) < 4.78 is 1.56. The predicted molar refractivity (Wildman–Crippen MR) is 122 cm³/mol. The van der Waals surface area contributed by atoms with Gasteiger partial charge in [-0.3, -0.25) is 20.2 Å². The lowest BCUT2D eigenvalue weighted by Gasteiger charge is -2.04. The van der Waals surface area contributed by atoms with Crippen LogP contribution in [-0.2, 0) is 6.42 Å². The van der Waals surface area contributed by atoms with Gasteiger partial charge in [0.05, 0.1) is 22.0 Å². The van der Waals surface area contributed by atoms with Gasteiger partial charge in [0, 0.05) is 28.5 Å². The summed E-state index contributed by atoms with van der Waals surface area (Å²) >= 11 is 7.25. The van der Waals surface area contributed by atoms with Gasteiger partial charge in [0.2, 0.25) is 0 Å². The maximum atomic E-state index is 12.8. The van der Waals surface area contributed by atoms with E-state index in [1.165, 1.54) is 23.5 Å². The summed E-state index contributed by atoms with van der Waals surface area (Å²) in [5.41, 5.74) is 3.09. The van der Waals surface area contributed by atoms with E-state index < -0.39 is 10.8 Å². The number of rotatable bonds is 6. The van der Waals surface area contributed by atoms with Gasteiger partial charge in [0.25, 0.3) is 11.6 Å². The predicted octanol–water partition coefficient (Wildman–Crippen LogP) is 4.75. The fourth-order valence-electron chi connectivity index (χ4n) is 3.13. The maximum Gasteiger partial charge on any atom is 0.279 e. The number of carbonyl (C=O) groups is 1. The zero-order valence-corrected chi connectivity index (χ0v) is 18.6. The topological polar surface area (TPSA) is 116 Å². The lowest BCUT2D eigenvalue weighted by molar-refractivity contribution is -0.384. The standard InChI is InChI=1S/C21H17ClN6O3S/c1-12-18(11-14-4-3-5-17(10-14)28(30)31)32-21(23-12)24-20(29)19-13(2)27(26-25-19)16-8-6-15(22)7-9-16/h3-10H,11H2,1-2H3,(H,23,24,29). The van der Waals surface area contributed by atoms with Crippen LogP contribution in [0.15, 0.2) is 48.5 Å². The van der Waals surface area contributed by atoms with E-state index in [1.807, 2.05) is 13.0 Å². The normalized spacial score (nSPS) is 10.8. The Kier molecular flexibility index (Phi) is 5.97. The number of hydrogen-bond acceptors (Lipinski definition) is 7. The molecule has 0 aliphatic carbocycles. The fourth-order valence-corrected chi connectivity index (χ4v) is 4.25. The highest BCUT2D eigenvalue weighted by Crippen LogP contribution is 2.27. The number of amides is 1. The molecular weight excluding hydrogens is 452 g/mol. The largest absolute Gasteiger partial charge is 0.296 e. The molecule has 0 spiro atoms. The van der Waals surface area contributed by atoms with Crippen molar-refractivity contribution in [3.8, 4) is 5.69 Å². The van der Waals surface area contributed by atoms with Crippen molar-refractivity contribution in [1.82, 2.24) is 20.0 Å². The molecule has 0 atom stereocenters. The molecule has 0 bridgehead atoms. The lowest BCUT2D eigenvalue weighted by atomic mass is 10.1. The number of nitrogens with zero attached hydrogens (tertiary/aromatic N) is 5. The lowest BCUT2D eigenvalue weighted by Crippen LogP contribution is -2.14. The summed E-state index contributed by atoms with van der Waals surface area (Å²) in [6.45, 7) is 3.59. The molecule has 32 heavy (non-hydrogen) atoms. The first-order valence-corrected chi connectivity index (χ1v) is 10.7. The minimum absolute atomic E-state index is 0.0393. The molecule has 9 nitrogen and oxygen atoms in total. The van der Waals surface area contributed by atoms with E-state index in [1.54, 1.807) is 41.9 Å². The monoisotopic (exact) mass is 468 g/mol. The summed E-state index contributed by atoms with van der Waals surface area (Å²) in [5.74, 6) is -0.418. The highest BCUT2D eigenvalue weighted by Gasteiger charge is 2.20. The molecule has 1 N–H and O–H groups in total. The molecule has 0 aliphatic rings. The number of carbonyl (C=O) groups excluding carboxylic acids is 1. The molecule has 0 fully saturated rings. The van der Waals surface area contributed by atoms with Crippen LogP contribution in [-0.4, -0.2) is 30.8 Å². The van der Waals surface area contributed by atoms with Crippen LogP contribution in [0.5, 0.6) is 0 Å². The fraction of sp³-hybridized carbons (Fsp3) is 0.143. The van der Waals surface area contributed by atoms with Gasteiger partial charge in [-0.15, -0.1) is 16.4 Å². The first-order chi connectivity index (χ1) is 15.3. The molecule has 0 saturated heterocycles. The van der Waals surface area contributed by atoms with Crippen LogP contribution in [0.3, 0.4) is 0 Å². The van der Waals surface area contributed by atoms with Crippen molar-refractivity contribution in [2.45, 2.75) is 20.3 Å². The van der Waals surface area contributed by atoms with Gasteiger partial charge in [-0.1, -0.05) is 28.9 Å². The second-order valence-corrected chi connectivity index (χ2v) is 8.52. The minimum Gasteiger partial charge on any atom is -0.296 e. The van der Waals surface area contributed by atoms with Gasteiger partial charge < -0.3 is 0 Å². The number of aryl methyl sites for hydroxylation is 1. The Bertz CT molecular complexity index is 1320. The zero-order chi connectivity index (χ0) is 22.8. The van der Waals surface area contributed by atoms with Crippen LogP contribution in [0.2, 0.25) is 5.02 Å². The number of thiazole rings is 1. The third-order valence-electron chi connectivity index (χ3n) is 4.78. The number of nitro groups is 1. The van der Waals surface area contributed by atoms with Crippen LogP contribution in [0.25, 0.3) is 5.69 Å². The Morgan fingerprint density at radius 2 is 1.97 bits per heavy atom. The van der Waals surface area contributed by atoms with Crippen LogP contribution in [0.4, 0.5) is 10.8 Å². The van der Waals surface area contributed by atoms with Crippen LogP contribution in [0.1, 0.15) is 32.3 Å². The van der Waals surface area contributed by atoms with E-state index in [0.29, 0.717) is 22.3 Å². The van der Waals surface area contributed by atoms with E-state index in [-0.39, 0.29) is 11.4 Å². The third kappa shape index (κ3) is 4.51. The molecule has 2 heterocycles. The van der Waals surface area contributed by atoms with E-state index in [2.05, 4.69) is 20.6 Å². The van der Waals surface area contributed by atoms with Crippen molar-refractivity contribution in [1.29, 1.82) is 0 Å². The van der Waals surface area contributed by atoms with Crippen molar-refractivity contribution in [3.05, 3.63) is 91.2 Å². The van der Waals surface area contributed by atoms with Crippen molar-refractivity contribution in [2.75, 3.05) is 5.32 Å². The Morgan fingerprint density at radius 3 is 2.69 bits per heavy atom. The molecule has 4 aromatic rings. The molecule has 0 unspecified atom stereocenters. The second-order valence-electron chi connectivity index (χ2n) is 7.00. The molecule has 2 aromatic carbocycles. The van der Waals surface area contributed by atoms with E-state index in [9.17, 15) is 14.9 Å². The number of hydrogen-bond donors (Lipinski definition) is 1. The molecule has 11 heteroatoms. The molecule has 0 aliphatic heterocycles.